The van der Waals surface area contributed by atoms with Crippen molar-refractivity contribution in [3.05, 3.63) is 34.9 Å². The van der Waals surface area contributed by atoms with Gasteiger partial charge in [-0.3, -0.25) is 4.79 Å². The first-order chi connectivity index (χ1) is 9.15. The van der Waals surface area contributed by atoms with Crippen LogP contribution in [0.4, 0.5) is 0 Å². The fourth-order valence-corrected chi connectivity index (χ4v) is 2.61. The molecule has 0 spiro atoms. The van der Waals surface area contributed by atoms with Gasteiger partial charge in [0.2, 0.25) is 5.91 Å². The van der Waals surface area contributed by atoms with Gasteiger partial charge in [-0.2, -0.15) is 0 Å². The molecule has 0 radical (unpaired) electrons. The summed E-state index contributed by atoms with van der Waals surface area (Å²) in [7, 11) is 0. The minimum atomic E-state index is 0.0338. The Balaban J connectivity index is 1.82. The normalized spacial score (nSPS) is 18.0. The summed E-state index contributed by atoms with van der Waals surface area (Å²) < 4.78 is 0. The van der Waals surface area contributed by atoms with E-state index in [1.54, 1.807) is 0 Å². The second kappa shape index (κ2) is 6.92. The predicted molar refractivity (Wildman–Crippen MR) is 78.2 cm³/mol. The molecule has 2 rings (SSSR count). The molecule has 0 saturated carbocycles. The standard InChI is InChI=1S/C15H21ClN2O/c1-11(13-2-4-14(16)5-3-13)18-15(19)10-12-6-8-17-9-7-12/h2-5,11-12,17H,6-10H2,1H3,(H,18,19)/t11-/m1/s1. The second-order valence-electron chi connectivity index (χ2n) is 5.24. The van der Waals surface area contributed by atoms with Gasteiger partial charge in [0.25, 0.3) is 0 Å². The molecule has 19 heavy (non-hydrogen) atoms. The van der Waals surface area contributed by atoms with Gasteiger partial charge < -0.3 is 10.6 Å². The highest BCUT2D eigenvalue weighted by molar-refractivity contribution is 6.30. The number of benzene rings is 1. The van der Waals surface area contributed by atoms with Gasteiger partial charge in [-0.05, 0) is 56.5 Å². The number of halogens is 1. The molecule has 1 amide bonds. The van der Waals surface area contributed by atoms with Crippen LogP contribution in [0.3, 0.4) is 0 Å². The first-order valence-corrected chi connectivity index (χ1v) is 7.28. The minimum absolute atomic E-state index is 0.0338. The summed E-state index contributed by atoms with van der Waals surface area (Å²) in [6, 6.07) is 7.65. The molecule has 1 aliphatic rings. The van der Waals surface area contributed by atoms with Gasteiger partial charge in [-0.25, -0.2) is 0 Å². The lowest BCUT2D eigenvalue weighted by atomic mass is 9.94. The summed E-state index contributed by atoms with van der Waals surface area (Å²) >= 11 is 5.86. The zero-order valence-corrected chi connectivity index (χ0v) is 12.0. The Hall–Kier alpha value is -1.06. The fraction of sp³-hybridized carbons (Fsp3) is 0.533. The Morgan fingerprint density at radius 2 is 2.00 bits per heavy atom. The smallest absolute Gasteiger partial charge is 0.220 e. The zero-order valence-electron chi connectivity index (χ0n) is 11.3. The molecule has 0 aromatic heterocycles. The van der Waals surface area contributed by atoms with Crippen LogP contribution in [0.2, 0.25) is 5.02 Å². The van der Waals surface area contributed by atoms with Crippen LogP contribution in [-0.2, 0) is 4.79 Å². The first-order valence-electron chi connectivity index (χ1n) is 6.90. The number of carbonyl (C=O) groups excluding carboxylic acids is 1. The van der Waals surface area contributed by atoms with E-state index in [1.165, 1.54) is 0 Å². The highest BCUT2D eigenvalue weighted by atomic mass is 35.5. The number of hydrogen-bond donors (Lipinski definition) is 2. The highest BCUT2D eigenvalue weighted by Crippen LogP contribution is 2.18. The van der Waals surface area contributed by atoms with Gasteiger partial charge in [0.1, 0.15) is 0 Å². The maximum atomic E-state index is 12.0. The van der Waals surface area contributed by atoms with Gasteiger partial charge in [0, 0.05) is 11.4 Å². The molecule has 1 atom stereocenters. The number of piperidine rings is 1. The molecule has 1 aliphatic heterocycles. The van der Waals surface area contributed by atoms with E-state index >= 15 is 0 Å². The molecule has 1 fully saturated rings. The largest absolute Gasteiger partial charge is 0.350 e. The Labute approximate surface area is 119 Å². The molecule has 0 aliphatic carbocycles. The topological polar surface area (TPSA) is 41.1 Å². The maximum absolute atomic E-state index is 12.0. The van der Waals surface area contributed by atoms with Crippen molar-refractivity contribution < 1.29 is 4.79 Å². The molecular weight excluding hydrogens is 260 g/mol. The van der Waals surface area contributed by atoms with Gasteiger partial charge in [0.15, 0.2) is 0 Å². The second-order valence-corrected chi connectivity index (χ2v) is 5.67. The summed E-state index contributed by atoms with van der Waals surface area (Å²) in [5.41, 5.74) is 1.09. The average Bonchev–Trinajstić information content (AvgIpc) is 2.40. The van der Waals surface area contributed by atoms with E-state index in [2.05, 4.69) is 10.6 Å². The Morgan fingerprint density at radius 1 is 1.37 bits per heavy atom. The summed E-state index contributed by atoms with van der Waals surface area (Å²) in [6.45, 7) is 4.07. The van der Waals surface area contributed by atoms with Crippen LogP contribution >= 0.6 is 11.6 Å². The van der Waals surface area contributed by atoms with Gasteiger partial charge in [-0.1, -0.05) is 23.7 Å². The lowest BCUT2D eigenvalue weighted by Gasteiger charge is -2.23. The van der Waals surface area contributed by atoms with E-state index in [-0.39, 0.29) is 11.9 Å². The van der Waals surface area contributed by atoms with E-state index in [9.17, 15) is 4.79 Å². The SMILES string of the molecule is C[C@@H](NC(=O)CC1CCNCC1)c1ccc(Cl)cc1. The van der Waals surface area contributed by atoms with Crippen LogP contribution in [0.25, 0.3) is 0 Å². The number of rotatable bonds is 4. The lowest BCUT2D eigenvalue weighted by Crippen LogP contribution is -2.33. The predicted octanol–water partition coefficient (Wildman–Crippen LogP) is 2.91. The van der Waals surface area contributed by atoms with Crippen molar-refractivity contribution >= 4 is 17.5 Å². The molecule has 1 aromatic rings. The van der Waals surface area contributed by atoms with Crippen molar-refractivity contribution in [1.29, 1.82) is 0 Å². The number of carbonyl (C=O) groups is 1. The van der Waals surface area contributed by atoms with Crippen molar-refractivity contribution in [2.75, 3.05) is 13.1 Å². The molecule has 1 aromatic carbocycles. The fourth-order valence-electron chi connectivity index (χ4n) is 2.48. The summed E-state index contributed by atoms with van der Waals surface area (Å²) in [6.07, 6.45) is 2.84. The van der Waals surface area contributed by atoms with Gasteiger partial charge in [-0.15, -0.1) is 0 Å². The van der Waals surface area contributed by atoms with Crippen molar-refractivity contribution in [3.63, 3.8) is 0 Å². The van der Waals surface area contributed by atoms with Gasteiger partial charge in [0.05, 0.1) is 6.04 Å². The number of amides is 1. The number of hydrogen-bond acceptors (Lipinski definition) is 2. The van der Waals surface area contributed by atoms with E-state index in [0.717, 1.165) is 36.5 Å². The van der Waals surface area contributed by atoms with Crippen LogP contribution in [-0.4, -0.2) is 19.0 Å². The lowest BCUT2D eigenvalue weighted by molar-refractivity contribution is -0.122. The Morgan fingerprint density at radius 3 is 2.63 bits per heavy atom. The van der Waals surface area contributed by atoms with Crippen molar-refractivity contribution in [2.24, 2.45) is 5.92 Å². The van der Waals surface area contributed by atoms with Crippen LogP contribution in [0.1, 0.15) is 37.8 Å². The molecule has 1 saturated heterocycles. The van der Waals surface area contributed by atoms with E-state index < -0.39 is 0 Å². The van der Waals surface area contributed by atoms with Crippen LogP contribution in [0.15, 0.2) is 24.3 Å². The Bertz CT molecular complexity index is 413. The van der Waals surface area contributed by atoms with Crippen LogP contribution in [0.5, 0.6) is 0 Å². The molecule has 104 valence electrons. The zero-order chi connectivity index (χ0) is 13.7. The molecule has 1 heterocycles. The molecule has 0 unspecified atom stereocenters. The summed E-state index contributed by atoms with van der Waals surface area (Å²) in [4.78, 5) is 12.0. The molecule has 4 heteroatoms. The Kier molecular flexibility index (Phi) is 5.23. The van der Waals surface area contributed by atoms with Crippen molar-refractivity contribution in [3.8, 4) is 0 Å². The summed E-state index contributed by atoms with van der Waals surface area (Å²) in [5.74, 6) is 0.674. The molecular formula is C15H21ClN2O. The minimum Gasteiger partial charge on any atom is -0.350 e. The van der Waals surface area contributed by atoms with Gasteiger partial charge >= 0.3 is 0 Å². The van der Waals surface area contributed by atoms with Crippen molar-refractivity contribution in [1.82, 2.24) is 10.6 Å². The average molecular weight is 281 g/mol. The highest BCUT2D eigenvalue weighted by Gasteiger charge is 2.18. The quantitative estimate of drug-likeness (QED) is 0.890. The molecule has 3 nitrogen and oxygen atoms in total. The third-order valence-corrected chi connectivity index (χ3v) is 3.93. The monoisotopic (exact) mass is 280 g/mol. The van der Waals surface area contributed by atoms with E-state index in [4.69, 9.17) is 11.6 Å². The van der Waals surface area contributed by atoms with Crippen LogP contribution < -0.4 is 10.6 Å². The van der Waals surface area contributed by atoms with Crippen molar-refractivity contribution in [2.45, 2.75) is 32.2 Å². The maximum Gasteiger partial charge on any atom is 0.220 e. The third kappa shape index (κ3) is 4.51. The molecule has 2 N–H and O–H groups in total. The van der Waals surface area contributed by atoms with E-state index in [1.807, 2.05) is 31.2 Å². The van der Waals surface area contributed by atoms with E-state index in [0.29, 0.717) is 12.3 Å². The van der Waals surface area contributed by atoms with Crippen LogP contribution in [0, 0.1) is 5.92 Å². The first kappa shape index (κ1) is 14.4. The third-order valence-electron chi connectivity index (χ3n) is 3.68. The molecule has 0 bridgehead atoms. The number of nitrogens with one attached hydrogen (secondary N) is 2. The summed E-state index contributed by atoms with van der Waals surface area (Å²) in [5, 5.41) is 7.10.